The maximum atomic E-state index is 5.81. The number of aromatic nitrogens is 5. The Labute approximate surface area is 504 Å². The van der Waals surface area contributed by atoms with Crippen LogP contribution < -0.4 is 0 Å². The summed E-state index contributed by atoms with van der Waals surface area (Å²) in [5.74, 6) is 2.20. The number of rotatable bonds is 12. The maximum Gasteiger partial charge on any atom is 0.160 e. The summed E-state index contributed by atoms with van der Waals surface area (Å²) < 4.78 is 4.68. The third-order valence-corrected chi connectivity index (χ3v) is 15.4. The quantitative estimate of drug-likeness (QED) is 0.0905. The van der Waals surface area contributed by atoms with Gasteiger partial charge < -0.3 is 0 Å². The molecule has 414 valence electrons. The molecule has 5 nitrogen and oxygen atoms in total. The Morgan fingerprint density at radius 3 is 0.988 bits per heavy atom. The standard InChI is InChI=1S/C69H45N5.C9H14.C3H6/c1-7-19-46(20-8-1)52-31-35-63-57(39-52)58-40-53(47-21-9-2-10-22-47)32-36-64(58)73(63)67-43-56(62-45-61(50-27-15-5-16-28-50)70-69(71-62)51-29-17-6-18-30-51)44-68(72-67)74-65-37-33-54(48-23-11-3-12-24-48)41-59(65)60-42-55(34-38-66(60)74)49-25-13-4-14-26-49;1-4-6-7-8-9(3)5-2;1-3-2/h1-45H;4,6-8H,3,5H2,1-2H3;3H,1H2,2H3/b;6-4-,8-7-;. The Bertz CT molecular complexity index is 4280. The predicted molar refractivity (Wildman–Crippen MR) is 366 cm³/mol. The molecule has 0 unspecified atom stereocenters. The molecule has 0 aliphatic carbocycles. The highest BCUT2D eigenvalue weighted by Crippen LogP contribution is 2.41. The predicted octanol–water partition coefficient (Wildman–Crippen LogP) is 22.0. The van der Waals surface area contributed by atoms with Gasteiger partial charge in [0, 0.05) is 38.2 Å². The normalized spacial score (nSPS) is 11.2. The second kappa shape index (κ2) is 25.6. The number of fused-ring (bicyclic) bond motifs is 6. The number of benzene rings is 10. The van der Waals surface area contributed by atoms with E-state index in [1.807, 2.05) is 62.4 Å². The van der Waals surface area contributed by atoms with Crippen molar-refractivity contribution in [2.75, 3.05) is 0 Å². The van der Waals surface area contributed by atoms with Gasteiger partial charge in [-0.05, 0) is 132 Å². The number of nitrogens with zero attached hydrogens (tertiary/aromatic N) is 5. The highest BCUT2D eigenvalue weighted by Gasteiger charge is 2.22. The highest BCUT2D eigenvalue weighted by molar-refractivity contribution is 6.13. The van der Waals surface area contributed by atoms with Crippen LogP contribution in [-0.4, -0.2) is 24.1 Å². The lowest BCUT2D eigenvalue weighted by Crippen LogP contribution is -2.05. The monoisotopic (exact) mass is 1110 g/mol. The summed E-state index contributed by atoms with van der Waals surface area (Å²) in [6.45, 7) is 13.2. The lowest BCUT2D eigenvalue weighted by molar-refractivity contribution is 1.01. The minimum Gasteiger partial charge on any atom is -0.294 e. The number of hydrogen-bond acceptors (Lipinski definition) is 3. The maximum absolute atomic E-state index is 5.81. The molecule has 14 aromatic rings. The highest BCUT2D eigenvalue weighted by atomic mass is 15.1. The molecule has 0 bridgehead atoms. The Morgan fingerprint density at radius 2 is 0.663 bits per heavy atom. The van der Waals surface area contributed by atoms with E-state index in [1.54, 1.807) is 6.08 Å². The molecule has 0 amide bonds. The van der Waals surface area contributed by atoms with Gasteiger partial charge in [-0.3, -0.25) is 9.13 Å². The van der Waals surface area contributed by atoms with Crippen LogP contribution in [0.1, 0.15) is 27.2 Å². The first kappa shape index (κ1) is 55.5. The lowest BCUT2D eigenvalue weighted by Gasteiger charge is -2.16. The Hall–Kier alpha value is -11.0. The van der Waals surface area contributed by atoms with Crippen molar-refractivity contribution in [1.82, 2.24) is 24.1 Å². The molecule has 0 spiro atoms. The van der Waals surface area contributed by atoms with E-state index >= 15 is 0 Å². The summed E-state index contributed by atoms with van der Waals surface area (Å²) in [4.78, 5) is 16.4. The summed E-state index contributed by atoms with van der Waals surface area (Å²) in [5, 5.41) is 4.58. The van der Waals surface area contributed by atoms with Crippen LogP contribution in [0.4, 0.5) is 0 Å². The fourth-order valence-electron chi connectivity index (χ4n) is 11.1. The molecular weight excluding hydrogens is 1040 g/mol. The van der Waals surface area contributed by atoms with E-state index in [0.717, 1.165) is 112 Å². The van der Waals surface area contributed by atoms with Crippen LogP contribution in [0.5, 0.6) is 0 Å². The molecule has 0 saturated carbocycles. The molecule has 0 atom stereocenters. The van der Waals surface area contributed by atoms with E-state index < -0.39 is 0 Å². The van der Waals surface area contributed by atoms with Crippen molar-refractivity contribution >= 4 is 43.6 Å². The summed E-state index contributed by atoms with van der Waals surface area (Å²) in [7, 11) is 0. The van der Waals surface area contributed by atoms with Gasteiger partial charge in [-0.2, -0.15) is 0 Å². The van der Waals surface area contributed by atoms with E-state index in [2.05, 4.69) is 278 Å². The topological polar surface area (TPSA) is 48.5 Å². The molecule has 0 fully saturated rings. The van der Waals surface area contributed by atoms with Crippen molar-refractivity contribution in [2.45, 2.75) is 27.2 Å². The molecule has 10 aromatic carbocycles. The van der Waals surface area contributed by atoms with Crippen LogP contribution in [-0.2, 0) is 0 Å². The van der Waals surface area contributed by atoms with Gasteiger partial charge in [0.25, 0.3) is 0 Å². The fourth-order valence-corrected chi connectivity index (χ4v) is 11.1. The minimum atomic E-state index is 0.652. The summed E-state index contributed by atoms with van der Waals surface area (Å²) >= 11 is 0. The van der Waals surface area contributed by atoms with Crippen molar-refractivity contribution in [2.24, 2.45) is 0 Å². The number of allylic oxidation sites excluding steroid dienone is 6. The van der Waals surface area contributed by atoms with Crippen molar-refractivity contribution in [3.8, 4) is 90.0 Å². The molecule has 0 N–H and O–H groups in total. The molecule has 14 rings (SSSR count). The second-order valence-corrected chi connectivity index (χ2v) is 21.1. The molecule has 0 saturated heterocycles. The van der Waals surface area contributed by atoms with E-state index in [4.69, 9.17) is 15.0 Å². The van der Waals surface area contributed by atoms with Crippen molar-refractivity contribution in [3.63, 3.8) is 0 Å². The average molecular weight is 1110 g/mol. The summed E-state index contributed by atoms with van der Waals surface area (Å²) in [6.07, 6.45) is 10.8. The van der Waals surface area contributed by atoms with E-state index in [0.29, 0.717) is 5.82 Å². The van der Waals surface area contributed by atoms with Gasteiger partial charge in [-0.15, -0.1) is 6.58 Å². The van der Waals surface area contributed by atoms with E-state index in [1.165, 1.54) is 27.8 Å². The zero-order valence-electron chi connectivity index (χ0n) is 48.7. The van der Waals surface area contributed by atoms with Gasteiger partial charge in [0.2, 0.25) is 0 Å². The van der Waals surface area contributed by atoms with E-state index in [-0.39, 0.29) is 0 Å². The molecule has 0 aliphatic rings. The molecule has 4 heterocycles. The number of pyridine rings is 1. The van der Waals surface area contributed by atoms with Crippen LogP contribution in [0.15, 0.2) is 322 Å². The fraction of sp³-hybridized carbons (Fsp3) is 0.0494. The summed E-state index contributed by atoms with van der Waals surface area (Å²) in [5.41, 5.74) is 19.2. The van der Waals surface area contributed by atoms with Crippen molar-refractivity contribution in [1.29, 1.82) is 0 Å². The van der Waals surface area contributed by atoms with Gasteiger partial charge >= 0.3 is 0 Å². The van der Waals surface area contributed by atoms with Crippen molar-refractivity contribution < 1.29 is 0 Å². The van der Waals surface area contributed by atoms with Gasteiger partial charge in [0.1, 0.15) is 11.6 Å². The third kappa shape index (κ3) is 11.7. The lowest BCUT2D eigenvalue weighted by atomic mass is 10.0. The Morgan fingerprint density at radius 1 is 0.349 bits per heavy atom. The van der Waals surface area contributed by atoms with Gasteiger partial charge in [-0.1, -0.05) is 256 Å². The molecule has 0 aliphatic heterocycles. The molecule has 4 aromatic heterocycles. The number of hydrogen-bond donors (Lipinski definition) is 0. The van der Waals surface area contributed by atoms with Crippen LogP contribution >= 0.6 is 0 Å². The molecule has 86 heavy (non-hydrogen) atoms. The average Bonchev–Trinajstić information content (AvgIpc) is 1.64. The minimum absolute atomic E-state index is 0.652. The molecule has 5 heteroatoms. The summed E-state index contributed by atoms with van der Waals surface area (Å²) in [6, 6.07) is 97.1. The van der Waals surface area contributed by atoms with Crippen LogP contribution in [0.25, 0.3) is 134 Å². The van der Waals surface area contributed by atoms with Crippen LogP contribution in [0.2, 0.25) is 0 Å². The van der Waals surface area contributed by atoms with Gasteiger partial charge in [0.05, 0.1) is 33.5 Å². The Kier molecular flexibility index (Phi) is 16.6. The zero-order chi connectivity index (χ0) is 58.8. The first-order valence-corrected chi connectivity index (χ1v) is 29.3. The van der Waals surface area contributed by atoms with E-state index in [9.17, 15) is 0 Å². The zero-order valence-corrected chi connectivity index (χ0v) is 48.7. The van der Waals surface area contributed by atoms with Crippen LogP contribution in [0.3, 0.4) is 0 Å². The second-order valence-electron chi connectivity index (χ2n) is 21.1. The smallest absolute Gasteiger partial charge is 0.160 e. The Balaban J connectivity index is 0.000000551. The van der Waals surface area contributed by atoms with Gasteiger partial charge in [-0.25, -0.2) is 15.0 Å². The first-order valence-electron chi connectivity index (χ1n) is 29.3. The van der Waals surface area contributed by atoms with Gasteiger partial charge in [0.15, 0.2) is 5.82 Å². The first-order chi connectivity index (χ1) is 42.4. The molecule has 0 radical (unpaired) electrons. The molecular formula is C81H65N5. The SMILES string of the molecule is C=C(/C=C\C=C/C)CC.C=CC.c1ccc(-c2ccc3c(c2)c2cc(-c4ccccc4)ccc2n3-c2cc(-c3cc(-c4ccccc4)nc(-c4ccccc4)n3)cc(-n3c4ccc(-c5ccccc5)cc4c4cc(-c5ccccc5)ccc43)n2)cc1. The largest absolute Gasteiger partial charge is 0.294 e. The third-order valence-electron chi connectivity index (χ3n) is 15.4. The van der Waals surface area contributed by atoms with Crippen LogP contribution in [0, 0.1) is 0 Å². The van der Waals surface area contributed by atoms with Crippen molar-refractivity contribution in [3.05, 3.63) is 322 Å².